The van der Waals surface area contributed by atoms with Gasteiger partial charge < -0.3 is 10.1 Å². The van der Waals surface area contributed by atoms with E-state index < -0.39 is 5.54 Å². The van der Waals surface area contributed by atoms with Gasteiger partial charge in [-0.3, -0.25) is 19.3 Å². The van der Waals surface area contributed by atoms with E-state index in [-0.39, 0.29) is 18.5 Å². The van der Waals surface area contributed by atoms with Crippen LogP contribution < -0.4 is 5.32 Å². The molecule has 2 amide bonds. The van der Waals surface area contributed by atoms with Gasteiger partial charge in [0.1, 0.15) is 6.61 Å². The van der Waals surface area contributed by atoms with Crippen molar-refractivity contribution in [3.63, 3.8) is 0 Å². The summed E-state index contributed by atoms with van der Waals surface area (Å²) in [5, 5.41) is 6.99. The summed E-state index contributed by atoms with van der Waals surface area (Å²) in [6, 6.07) is 11.8. The normalized spacial score (nSPS) is 22.4. The first kappa shape index (κ1) is 17.5. The molecule has 2 aliphatic rings. The van der Waals surface area contributed by atoms with Gasteiger partial charge in [-0.1, -0.05) is 30.3 Å². The highest BCUT2D eigenvalue weighted by molar-refractivity contribution is 5.91. The summed E-state index contributed by atoms with van der Waals surface area (Å²) < 4.78 is 7.02. The summed E-state index contributed by atoms with van der Waals surface area (Å²) in [6.45, 7) is 2.40. The average Bonchev–Trinajstić information content (AvgIpc) is 3.19. The van der Waals surface area contributed by atoms with Crippen molar-refractivity contribution in [3.8, 4) is 0 Å². The molecular weight excluding hydrogens is 346 g/mol. The van der Waals surface area contributed by atoms with E-state index in [1.807, 2.05) is 23.1 Å². The lowest BCUT2D eigenvalue weighted by atomic mass is 9.88. The Hall–Kier alpha value is -2.87. The van der Waals surface area contributed by atoms with Gasteiger partial charge in [0.2, 0.25) is 5.91 Å². The number of amides is 2. The second-order valence-corrected chi connectivity index (χ2v) is 7.23. The number of rotatable bonds is 5. The Bertz CT molecular complexity index is 837. The zero-order valence-electron chi connectivity index (χ0n) is 15.3. The molecule has 0 bridgehead atoms. The first-order chi connectivity index (χ1) is 13.0. The van der Waals surface area contributed by atoms with Crippen molar-refractivity contribution in [2.45, 2.75) is 12.0 Å². The fourth-order valence-corrected chi connectivity index (χ4v) is 3.92. The monoisotopic (exact) mass is 369 g/mol. The average molecular weight is 369 g/mol. The lowest BCUT2D eigenvalue weighted by Crippen LogP contribution is -2.63. The van der Waals surface area contributed by atoms with Crippen LogP contribution in [0, 0.1) is 0 Å². The van der Waals surface area contributed by atoms with Crippen LogP contribution in [-0.2, 0) is 23.0 Å². The fourth-order valence-electron chi connectivity index (χ4n) is 3.92. The Balaban J connectivity index is 1.45. The molecular formula is C19H23N5O3. The van der Waals surface area contributed by atoms with E-state index in [1.54, 1.807) is 24.0 Å². The predicted molar refractivity (Wildman–Crippen MR) is 99.2 cm³/mol. The van der Waals surface area contributed by atoms with Crippen LogP contribution in [0.2, 0.25) is 0 Å². The molecule has 8 nitrogen and oxygen atoms in total. The van der Waals surface area contributed by atoms with Crippen LogP contribution in [0.25, 0.3) is 0 Å². The molecule has 1 atom stereocenters. The number of carbonyl (C=O) groups is 2. The van der Waals surface area contributed by atoms with Gasteiger partial charge in [-0.05, 0) is 5.56 Å². The summed E-state index contributed by atoms with van der Waals surface area (Å²) in [5.74, 6) is 0.432. The van der Waals surface area contributed by atoms with E-state index in [1.165, 1.54) is 0 Å². The van der Waals surface area contributed by atoms with Crippen molar-refractivity contribution in [1.29, 1.82) is 0 Å². The lowest BCUT2D eigenvalue weighted by Gasteiger charge is -2.44. The minimum absolute atomic E-state index is 0.109. The maximum Gasteiger partial charge on any atom is 0.410 e. The van der Waals surface area contributed by atoms with Crippen molar-refractivity contribution in [3.05, 3.63) is 48.2 Å². The van der Waals surface area contributed by atoms with Gasteiger partial charge in [-0.15, -0.1) is 0 Å². The molecule has 0 saturated carbocycles. The van der Waals surface area contributed by atoms with E-state index in [9.17, 15) is 9.59 Å². The largest absolute Gasteiger partial charge is 0.447 e. The molecule has 27 heavy (non-hydrogen) atoms. The van der Waals surface area contributed by atoms with Gasteiger partial charge in [0.05, 0.1) is 12.1 Å². The maximum atomic E-state index is 12.4. The van der Waals surface area contributed by atoms with Gasteiger partial charge in [-0.2, -0.15) is 5.10 Å². The topological polar surface area (TPSA) is 79.7 Å². The first-order valence-corrected chi connectivity index (χ1v) is 9.04. The third-order valence-corrected chi connectivity index (χ3v) is 5.14. The Morgan fingerprint density at radius 1 is 1.26 bits per heavy atom. The first-order valence-electron chi connectivity index (χ1n) is 9.04. The maximum absolute atomic E-state index is 12.4. The van der Waals surface area contributed by atoms with E-state index in [2.05, 4.69) is 27.4 Å². The molecule has 1 aromatic carbocycles. The molecule has 0 aliphatic carbocycles. The number of piperazine rings is 1. The third kappa shape index (κ3) is 3.66. The second kappa shape index (κ2) is 7.03. The molecule has 0 spiro atoms. The van der Waals surface area contributed by atoms with Gasteiger partial charge >= 0.3 is 6.09 Å². The zero-order chi connectivity index (χ0) is 18.9. The van der Waals surface area contributed by atoms with Crippen LogP contribution in [0.15, 0.2) is 42.6 Å². The molecule has 3 heterocycles. The minimum Gasteiger partial charge on any atom is -0.447 e. The predicted octanol–water partition coefficient (Wildman–Crippen LogP) is 1.11. The molecule has 4 rings (SSSR count). The van der Waals surface area contributed by atoms with E-state index in [0.717, 1.165) is 5.56 Å². The molecule has 1 N–H and O–H groups in total. The van der Waals surface area contributed by atoms with Crippen molar-refractivity contribution in [1.82, 2.24) is 19.6 Å². The molecule has 2 saturated heterocycles. The minimum atomic E-state index is -0.429. The number of aromatic nitrogens is 2. The number of anilines is 1. The highest BCUT2D eigenvalue weighted by Crippen LogP contribution is 2.32. The van der Waals surface area contributed by atoms with Gasteiger partial charge in [0.25, 0.3) is 0 Å². The van der Waals surface area contributed by atoms with Crippen molar-refractivity contribution in [2.24, 2.45) is 7.05 Å². The summed E-state index contributed by atoms with van der Waals surface area (Å²) in [6.07, 6.45) is 2.23. The molecule has 2 aliphatic heterocycles. The summed E-state index contributed by atoms with van der Waals surface area (Å²) in [5.41, 5.74) is 0.725. The quantitative estimate of drug-likeness (QED) is 0.854. The summed E-state index contributed by atoms with van der Waals surface area (Å²) >= 11 is 0. The van der Waals surface area contributed by atoms with E-state index in [0.29, 0.717) is 38.5 Å². The summed E-state index contributed by atoms with van der Waals surface area (Å²) in [7, 11) is 1.80. The Morgan fingerprint density at radius 2 is 2.07 bits per heavy atom. The third-order valence-electron chi connectivity index (χ3n) is 5.14. The standard InChI is InChI=1S/C19H23N5O3/c1-22-8-7-16(21-22)20-17(25)12-23-9-10-24-18(26)27-14-19(24,13-23)11-15-5-3-2-4-6-15/h2-8H,9-14H2,1H3,(H,20,21,25). The van der Waals surface area contributed by atoms with Crippen LogP contribution in [0.5, 0.6) is 0 Å². The number of cyclic esters (lactones) is 1. The summed E-state index contributed by atoms with van der Waals surface area (Å²) in [4.78, 5) is 28.5. The van der Waals surface area contributed by atoms with Crippen LogP contribution in [-0.4, -0.2) is 69.9 Å². The second-order valence-electron chi connectivity index (χ2n) is 7.23. The van der Waals surface area contributed by atoms with Gasteiger partial charge in [0.15, 0.2) is 5.82 Å². The van der Waals surface area contributed by atoms with Gasteiger partial charge in [-0.25, -0.2) is 4.79 Å². The number of aryl methyl sites for hydroxylation is 1. The lowest BCUT2D eigenvalue weighted by molar-refractivity contribution is -0.118. The molecule has 2 fully saturated rings. The Kier molecular flexibility index (Phi) is 4.57. The smallest absolute Gasteiger partial charge is 0.410 e. The molecule has 1 aromatic heterocycles. The molecule has 0 radical (unpaired) electrons. The molecule has 1 unspecified atom stereocenters. The van der Waals surface area contributed by atoms with Crippen LogP contribution >= 0.6 is 0 Å². The van der Waals surface area contributed by atoms with Crippen molar-refractivity contribution < 1.29 is 14.3 Å². The Labute approximate surface area is 157 Å². The fraction of sp³-hybridized carbons (Fsp3) is 0.421. The van der Waals surface area contributed by atoms with Crippen molar-refractivity contribution >= 4 is 17.8 Å². The zero-order valence-corrected chi connectivity index (χ0v) is 15.3. The van der Waals surface area contributed by atoms with E-state index >= 15 is 0 Å². The molecule has 142 valence electrons. The molecule has 8 heteroatoms. The van der Waals surface area contributed by atoms with Crippen molar-refractivity contribution in [2.75, 3.05) is 38.1 Å². The van der Waals surface area contributed by atoms with Crippen LogP contribution in [0.4, 0.5) is 10.6 Å². The van der Waals surface area contributed by atoms with Crippen LogP contribution in [0.1, 0.15) is 5.56 Å². The number of fused-ring (bicyclic) bond motifs is 1. The number of ether oxygens (including phenoxy) is 1. The number of nitrogens with zero attached hydrogens (tertiary/aromatic N) is 4. The van der Waals surface area contributed by atoms with E-state index in [4.69, 9.17) is 4.74 Å². The number of nitrogens with one attached hydrogen (secondary N) is 1. The SMILES string of the molecule is Cn1ccc(NC(=O)CN2CCN3C(=O)OCC3(Cc3ccccc3)C2)n1. The Morgan fingerprint density at radius 3 is 2.81 bits per heavy atom. The highest BCUT2D eigenvalue weighted by Gasteiger charge is 2.50. The highest BCUT2D eigenvalue weighted by atomic mass is 16.6. The van der Waals surface area contributed by atoms with Gasteiger partial charge in [0, 0.05) is 45.4 Å². The number of hydrogen-bond acceptors (Lipinski definition) is 5. The molecule has 2 aromatic rings. The van der Waals surface area contributed by atoms with Crippen LogP contribution in [0.3, 0.4) is 0 Å². The number of carbonyl (C=O) groups excluding carboxylic acids is 2. The number of benzene rings is 1. The number of hydrogen-bond donors (Lipinski definition) is 1.